The molecule has 404 valence electrons. The van der Waals surface area contributed by atoms with E-state index in [1.807, 2.05) is 6.07 Å². The molecule has 2 aromatic heterocycles. The minimum Gasteiger partial charge on any atom is -0.456 e. The van der Waals surface area contributed by atoms with E-state index in [-0.39, 0.29) is 28.4 Å². The first kappa shape index (κ1) is 51.4. The topological polar surface area (TPSA) is 36.0 Å². The Morgan fingerprint density at radius 1 is 0.341 bits per heavy atom. The number of hydrogen-bond donors (Lipinski definition) is 0. The van der Waals surface area contributed by atoms with Crippen LogP contribution in [0, 0.1) is 0 Å². The molecule has 0 saturated carbocycles. The third kappa shape index (κ3) is 8.43. The van der Waals surface area contributed by atoms with E-state index in [1.165, 1.54) is 55.7 Å². The van der Waals surface area contributed by atoms with Gasteiger partial charge in [0.25, 0.3) is 6.71 Å². The van der Waals surface area contributed by atoms with Gasteiger partial charge in [-0.25, -0.2) is 0 Å². The highest BCUT2D eigenvalue weighted by Gasteiger charge is 2.45. The van der Waals surface area contributed by atoms with Crippen LogP contribution in [0.4, 0.5) is 51.2 Å². The standard InChI is InChI=1S/C76H70BN3O2/c1-73(2,3)48-26-33-52(34-27-48)78(53-35-28-49(29-36-53)74(4,5)6)55-38-41-62-64(45-55)79(54-31-24-47(25-32-54)57-20-17-23-69-71(57)60-19-14-16-22-68(60)81-69)65-43-51(76(10,11)12)44-66-72(65)77(62)61-40-30-50(75(7,8)9)42-63(61)80(66)56-37-39-59-58-18-13-15-21-67(58)82-70(59)46-56/h13-46H,1-12H3. The van der Waals surface area contributed by atoms with Crippen LogP contribution in [0.1, 0.15) is 105 Å². The Balaban J connectivity index is 1.04. The molecule has 2 aliphatic rings. The van der Waals surface area contributed by atoms with E-state index < -0.39 is 0 Å². The molecule has 2 aliphatic heterocycles. The van der Waals surface area contributed by atoms with Crippen LogP contribution >= 0.6 is 0 Å². The molecule has 10 aromatic carbocycles. The molecule has 0 aliphatic carbocycles. The minimum absolute atomic E-state index is 0.0102. The van der Waals surface area contributed by atoms with E-state index in [0.29, 0.717) is 0 Å². The summed E-state index contributed by atoms with van der Waals surface area (Å²) in [4.78, 5) is 7.56. The Morgan fingerprint density at radius 2 is 0.805 bits per heavy atom. The highest BCUT2D eigenvalue weighted by atomic mass is 16.3. The molecule has 12 aromatic rings. The van der Waals surface area contributed by atoms with Gasteiger partial charge >= 0.3 is 0 Å². The molecular formula is C76H70BN3O2. The first-order chi connectivity index (χ1) is 39.2. The van der Waals surface area contributed by atoms with Gasteiger partial charge in [-0.1, -0.05) is 186 Å². The third-order valence-corrected chi connectivity index (χ3v) is 17.5. The summed E-state index contributed by atoms with van der Waals surface area (Å²) in [6.07, 6.45) is 0. The highest BCUT2D eigenvalue weighted by Crippen LogP contribution is 2.50. The molecule has 0 bridgehead atoms. The smallest absolute Gasteiger partial charge is 0.252 e. The van der Waals surface area contributed by atoms with Crippen LogP contribution in [0.3, 0.4) is 0 Å². The van der Waals surface area contributed by atoms with Crippen molar-refractivity contribution in [1.29, 1.82) is 0 Å². The third-order valence-electron chi connectivity index (χ3n) is 17.5. The lowest BCUT2D eigenvalue weighted by atomic mass is 9.33. The SMILES string of the molecule is CC(C)(C)c1ccc(N(c2ccc(C(C)(C)C)cc2)c2ccc3c(c2)N(c2ccc(-c4cccc5oc6ccccc6c45)cc2)c2cc(C(C)(C)C)cc4c2B3c2ccc(C(C)(C)C)cc2N4c2ccc3c(c2)oc2ccccc23)cc1. The van der Waals surface area contributed by atoms with Crippen molar-refractivity contribution in [3.8, 4) is 11.1 Å². The molecule has 0 unspecified atom stereocenters. The van der Waals surface area contributed by atoms with Gasteiger partial charge in [-0.15, -0.1) is 0 Å². The van der Waals surface area contributed by atoms with E-state index in [4.69, 9.17) is 8.83 Å². The summed E-state index contributed by atoms with van der Waals surface area (Å²) in [5.74, 6) is 0. The number of benzene rings is 10. The first-order valence-corrected chi connectivity index (χ1v) is 29.2. The zero-order valence-corrected chi connectivity index (χ0v) is 49.4. The lowest BCUT2D eigenvalue weighted by molar-refractivity contribution is 0.590. The minimum atomic E-state index is -0.206. The number of furan rings is 2. The van der Waals surface area contributed by atoms with Crippen molar-refractivity contribution >= 4 is 118 Å². The molecular weight excluding hydrogens is 998 g/mol. The summed E-state index contributed by atoms with van der Waals surface area (Å²) in [6.45, 7) is 27.6. The van der Waals surface area contributed by atoms with Gasteiger partial charge in [0.2, 0.25) is 0 Å². The number of anilines is 9. The maximum atomic E-state index is 6.69. The number of rotatable bonds is 6. The maximum Gasteiger partial charge on any atom is 0.252 e. The van der Waals surface area contributed by atoms with Crippen LogP contribution in [-0.2, 0) is 21.7 Å². The molecule has 0 fully saturated rings. The summed E-state index contributed by atoms with van der Waals surface area (Å²) in [5.41, 5.74) is 24.6. The van der Waals surface area contributed by atoms with Crippen LogP contribution in [0.25, 0.3) is 55.0 Å². The molecule has 0 radical (unpaired) electrons. The second-order valence-corrected chi connectivity index (χ2v) is 27.1. The summed E-state index contributed by atoms with van der Waals surface area (Å²) in [7, 11) is 0. The van der Waals surface area contributed by atoms with Gasteiger partial charge in [-0.3, -0.25) is 0 Å². The van der Waals surface area contributed by atoms with Crippen molar-refractivity contribution in [2.24, 2.45) is 0 Å². The van der Waals surface area contributed by atoms with Crippen LogP contribution in [0.2, 0.25) is 0 Å². The van der Waals surface area contributed by atoms with Crippen molar-refractivity contribution in [1.82, 2.24) is 0 Å². The predicted octanol–water partition coefficient (Wildman–Crippen LogP) is 19.9. The largest absolute Gasteiger partial charge is 0.456 e. The zero-order valence-electron chi connectivity index (χ0n) is 49.4. The van der Waals surface area contributed by atoms with Gasteiger partial charge in [0.05, 0.1) is 0 Å². The molecule has 0 spiro atoms. The molecule has 0 saturated heterocycles. The van der Waals surface area contributed by atoms with Crippen LogP contribution in [0.5, 0.6) is 0 Å². The van der Waals surface area contributed by atoms with Crippen molar-refractivity contribution in [3.05, 3.63) is 229 Å². The van der Waals surface area contributed by atoms with Crippen molar-refractivity contribution in [2.75, 3.05) is 14.7 Å². The van der Waals surface area contributed by atoms with E-state index in [2.05, 4.69) is 298 Å². The van der Waals surface area contributed by atoms with E-state index in [9.17, 15) is 0 Å². The molecule has 0 N–H and O–H groups in total. The van der Waals surface area contributed by atoms with Crippen LogP contribution in [0.15, 0.2) is 215 Å². The summed E-state index contributed by atoms with van der Waals surface area (Å²) in [6, 6.07) is 77.2. The number of nitrogens with zero attached hydrogens (tertiary/aromatic N) is 3. The fourth-order valence-corrected chi connectivity index (χ4v) is 12.9. The lowest BCUT2D eigenvalue weighted by Gasteiger charge is -2.45. The van der Waals surface area contributed by atoms with Gasteiger partial charge in [-0.2, -0.15) is 0 Å². The molecule has 0 atom stereocenters. The van der Waals surface area contributed by atoms with Gasteiger partial charge in [0.15, 0.2) is 0 Å². The van der Waals surface area contributed by atoms with Crippen LogP contribution < -0.4 is 31.1 Å². The predicted molar refractivity (Wildman–Crippen MR) is 350 cm³/mol. The Morgan fingerprint density at radius 3 is 1.41 bits per heavy atom. The molecule has 4 heterocycles. The van der Waals surface area contributed by atoms with Crippen LogP contribution in [-0.4, -0.2) is 6.71 Å². The fraction of sp³-hybridized carbons (Fsp3) is 0.211. The van der Waals surface area contributed by atoms with Gasteiger partial charge in [0.1, 0.15) is 22.3 Å². The average Bonchev–Trinajstić information content (AvgIpc) is 2.61. The molecule has 0 amide bonds. The van der Waals surface area contributed by atoms with Crippen molar-refractivity contribution in [3.63, 3.8) is 0 Å². The molecule has 5 nitrogen and oxygen atoms in total. The van der Waals surface area contributed by atoms with E-state index >= 15 is 0 Å². The molecule has 6 heteroatoms. The Bertz CT molecular complexity index is 4440. The van der Waals surface area contributed by atoms with Crippen molar-refractivity contribution in [2.45, 2.75) is 105 Å². The number of fused-ring (bicyclic) bond motifs is 10. The van der Waals surface area contributed by atoms with Gasteiger partial charge < -0.3 is 23.5 Å². The molecule has 14 rings (SSSR count). The summed E-state index contributed by atoms with van der Waals surface area (Å²) >= 11 is 0. The van der Waals surface area contributed by atoms with Gasteiger partial charge in [0, 0.05) is 78.8 Å². The van der Waals surface area contributed by atoms with E-state index in [1.54, 1.807) is 0 Å². The first-order valence-electron chi connectivity index (χ1n) is 29.2. The van der Waals surface area contributed by atoms with Gasteiger partial charge in [-0.05, 0) is 168 Å². The summed E-state index contributed by atoms with van der Waals surface area (Å²) in [5, 5.41) is 4.49. The Labute approximate surface area is 483 Å². The van der Waals surface area contributed by atoms with Crippen molar-refractivity contribution < 1.29 is 8.83 Å². The zero-order chi connectivity index (χ0) is 56.8. The second kappa shape index (κ2) is 18.4. The van der Waals surface area contributed by atoms with E-state index in [0.717, 1.165) is 89.1 Å². The average molecular weight is 1070 g/mol. The summed E-state index contributed by atoms with van der Waals surface area (Å²) < 4.78 is 13.1. The number of para-hydroxylation sites is 2. The maximum absolute atomic E-state index is 6.69. The second-order valence-electron chi connectivity index (χ2n) is 27.1. The highest BCUT2D eigenvalue weighted by molar-refractivity contribution is 7.00. The monoisotopic (exact) mass is 1070 g/mol. The normalized spacial score (nSPS) is 13.5. The lowest BCUT2D eigenvalue weighted by Crippen LogP contribution is -2.61. The Kier molecular flexibility index (Phi) is 11.5. The quantitative estimate of drug-likeness (QED) is 0.155. The fourth-order valence-electron chi connectivity index (χ4n) is 12.9. The number of hydrogen-bond acceptors (Lipinski definition) is 5. The Hall–Kier alpha value is -8.74. The molecule has 82 heavy (non-hydrogen) atoms.